The highest BCUT2D eigenvalue weighted by molar-refractivity contribution is 5.79. The van der Waals surface area contributed by atoms with Crippen LogP contribution in [0.15, 0.2) is 49.1 Å². The van der Waals surface area contributed by atoms with Gasteiger partial charge in [-0.1, -0.05) is 25.5 Å². The maximum absolute atomic E-state index is 12.8. The summed E-state index contributed by atoms with van der Waals surface area (Å²) in [5, 5.41) is 0. The first kappa shape index (κ1) is 21.0. The molecular weight excluding hydrogens is 364 g/mol. The van der Waals surface area contributed by atoms with Gasteiger partial charge in [0, 0.05) is 63.3 Å². The van der Waals surface area contributed by atoms with E-state index in [-0.39, 0.29) is 17.9 Å². The van der Waals surface area contributed by atoms with Gasteiger partial charge in [0.05, 0.1) is 0 Å². The molecule has 3 heterocycles. The molecule has 2 amide bonds. The normalized spacial score (nSPS) is 16.7. The van der Waals surface area contributed by atoms with E-state index in [1.807, 2.05) is 46.5 Å². The third kappa shape index (κ3) is 6.11. The SMILES string of the molecule is CCCC1CN(C(=O)CCc2cccnc2)CCN1C(=O)CCc1cccnc1. The maximum atomic E-state index is 12.8. The van der Waals surface area contributed by atoms with E-state index in [1.165, 1.54) is 0 Å². The fraction of sp³-hybridized carbons (Fsp3) is 0.478. The van der Waals surface area contributed by atoms with E-state index in [4.69, 9.17) is 0 Å². The molecule has 1 fully saturated rings. The van der Waals surface area contributed by atoms with Crippen molar-refractivity contribution in [1.29, 1.82) is 0 Å². The Hall–Kier alpha value is -2.76. The molecule has 6 heteroatoms. The first-order valence-electron chi connectivity index (χ1n) is 10.5. The molecule has 0 aliphatic carbocycles. The summed E-state index contributed by atoms with van der Waals surface area (Å²) in [5.74, 6) is 0.340. The third-order valence-electron chi connectivity index (χ3n) is 5.48. The Morgan fingerprint density at radius 2 is 1.59 bits per heavy atom. The minimum atomic E-state index is 0.109. The van der Waals surface area contributed by atoms with Crippen LogP contribution >= 0.6 is 0 Å². The lowest BCUT2D eigenvalue weighted by molar-refractivity contribution is -0.143. The Balaban J connectivity index is 1.52. The van der Waals surface area contributed by atoms with Gasteiger partial charge in [-0.05, 0) is 42.5 Å². The van der Waals surface area contributed by atoms with Gasteiger partial charge in [-0.25, -0.2) is 0 Å². The molecule has 0 saturated carbocycles. The number of hydrogen-bond acceptors (Lipinski definition) is 4. The Morgan fingerprint density at radius 1 is 0.966 bits per heavy atom. The third-order valence-corrected chi connectivity index (χ3v) is 5.48. The Bertz CT molecular complexity index is 782. The van der Waals surface area contributed by atoms with Crippen LogP contribution < -0.4 is 0 Å². The molecule has 154 valence electrons. The Morgan fingerprint density at radius 3 is 2.14 bits per heavy atom. The number of carbonyl (C=O) groups excluding carboxylic acids is 2. The molecule has 2 aromatic heterocycles. The van der Waals surface area contributed by atoms with E-state index >= 15 is 0 Å². The Labute approximate surface area is 173 Å². The Kier molecular flexibility index (Phi) is 7.73. The highest BCUT2D eigenvalue weighted by Gasteiger charge is 2.31. The van der Waals surface area contributed by atoms with Gasteiger partial charge in [0.2, 0.25) is 11.8 Å². The first-order valence-corrected chi connectivity index (χ1v) is 10.5. The fourth-order valence-corrected chi connectivity index (χ4v) is 3.89. The van der Waals surface area contributed by atoms with Crippen LogP contribution in [0.1, 0.15) is 43.7 Å². The molecule has 0 radical (unpaired) electrons. The van der Waals surface area contributed by atoms with Crippen LogP contribution in [-0.2, 0) is 22.4 Å². The van der Waals surface area contributed by atoms with Crippen molar-refractivity contribution in [2.75, 3.05) is 19.6 Å². The highest BCUT2D eigenvalue weighted by atomic mass is 16.2. The number of amides is 2. The van der Waals surface area contributed by atoms with E-state index in [0.717, 1.165) is 24.0 Å². The lowest BCUT2D eigenvalue weighted by Gasteiger charge is -2.41. The van der Waals surface area contributed by atoms with Gasteiger partial charge < -0.3 is 9.80 Å². The van der Waals surface area contributed by atoms with Gasteiger partial charge in [-0.3, -0.25) is 19.6 Å². The second kappa shape index (κ2) is 10.7. The number of pyridine rings is 2. The van der Waals surface area contributed by atoms with Crippen molar-refractivity contribution in [2.24, 2.45) is 0 Å². The zero-order valence-corrected chi connectivity index (χ0v) is 17.2. The van der Waals surface area contributed by atoms with Gasteiger partial charge in [0.1, 0.15) is 0 Å². The molecule has 1 atom stereocenters. The number of carbonyl (C=O) groups is 2. The van der Waals surface area contributed by atoms with Crippen LogP contribution in [0.5, 0.6) is 0 Å². The van der Waals surface area contributed by atoms with E-state index in [9.17, 15) is 9.59 Å². The van der Waals surface area contributed by atoms with Crippen molar-refractivity contribution >= 4 is 11.8 Å². The lowest BCUT2D eigenvalue weighted by atomic mass is 10.0. The summed E-state index contributed by atoms with van der Waals surface area (Å²) in [6.07, 6.45) is 11.4. The molecular formula is C23H30N4O2. The molecule has 3 rings (SSSR count). The van der Waals surface area contributed by atoms with Crippen molar-refractivity contribution in [3.05, 3.63) is 60.2 Å². The summed E-state index contributed by atoms with van der Waals surface area (Å²) in [6, 6.07) is 7.90. The maximum Gasteiger partial charge on any atom is 0.223 e. The summed E-state index contributed by atoms with van der Waals surface area (Å²) in [5.41, 5.74) is 2.16. The van der Waals surface area contributed by atoms with Crippen molar-refractivity contribution in [2.45, 2.75) is 51.5 Å². The molecule has 1 aliphatic rings. The molecule has 1 saturated heterocycles. The van der Waals surface area contributed by atoms with Crippen molar-refractivity contribution in [1.82, 2.24) is 19.8 Å². The van der Waals surface area contributed by atoms with E-state index < -0.39 is 0 Å². The van der Waals surface area contributed by atoms with Crippen molar-refractivity contribution in [3.8, 4) is 0 Å². The molecule has 0 spiro atoms. The van der Waals surface area contributed by atoms with Crippen LogP contribution in [-0.4, -0.2) is 57.3 Å². The smallest absolute Gasteiger partial charge is 0.223 e. The van der Waals surface area contributed by atoms with E-state index in [0.29, 0.717) is 45.3 Å². The second-order valence-electron chi connectivity index (χ2n) is 7.59. The predicted molar refractivity (Wildman–Crippen MR) is 112 cm³/mol. The van der Waals surface area contributed by atoms with Crippen LogP contribution in [0, 0.1) is 0 Å². The summed E-state index contributed by atoms with van der Waals surface area (Å²) >= 11 is 0. The molecule has 6 nitrogen and oxygen atoms in total. The monoisotopic (exact) mass is 394 g/mol. The summed E-state index contributed by atoms with van der Waals surface area (Å²) in [4.78, 5) is 37.7. The lowest BCUT2D eigenvalue weighted by Crippen LogP contribution is -2.56. The number of rotatable bonds is 8. The number of piperazine rings is 1. The van der Waals surface area contributed by atoms with Crippen LogP contribution in [0.4, 0.5) is 0 Å². The van der Waals surface area contributed by atoms with Crippen LogP contribution in [0.2, 0.25) is 0 Å². The molecule has 0 bridgehead atoms. The first-order chi connectivity index (χ1) is 14.2. The summed E-state index contributed by atoms with van der Waals surface area (Å²) in [7, 11) is 0. The average molecular weight is 395 g/mol. The largest absolute Gasteiger partial charge is 0.339 e. The van der Waals surface area contributed by atoms with Crippen LogP contribution in [0.25, 0.3) is 0 Å². The molecule has 1 aliphatic heterocycles. The minimum absolute atomic E-state index is 0.109. The van der Waals surface area contributed by atoms with Crippen molar-refractivity contribution in [3.63, 3.8) is 0 Å². The van der Waals surface area contributed by atoms with Crippen LogP contribution in [0.3, 0.4) is 0 Å². The number of nitrogens with zero attached hydrogens (tertiary/aromatic N) is 4. The number of aryl methyl sites for hydroxylation is 2. The molecule has 29 heavy (non-hydrogen) atoms. The topological polar surface area (TPSA) is 66.4 Å². The molecule has 0 N–H and O–H groups in total. The minimum Gasteiger partial charge on any atom is -0.339 e. The van der Waals surface area contributed by atoms with Gasteiger partial charge in [-0.15, -0.1) is 0 Å². The predicted octanol–water partition coefficient (Wildman–Crippen LogP) is 2.88. The van der Waals surface area contributed by atoms with Crippen molar-refractivity contribution < 1.29 is 9.59 Å². The molecule has 1 unspecified atom stereocenters. The highest BCUT2D eigenvalue weighted by Crippen LogP contribution is 2.18. The number of aromatic nitrogens is 2. The average Bonchev–Trinajstić information content (AvgIpc) is 2.77. The van der Waals surface area contributed by atoms with Gasteiger partial charge in [-0.2, -0.15) is 0 Å². The number of hydrogen-bond donors (Lipinski definition) is 0. The van der Waals surface area contributed by atoms with Gasteiger partial charge >= 0.3 is 0 Å². The quantitative estimate of drug-likeness (QED) is 0.691. The van der Waals surface area contributed by atoms with E-state index in [2.05, 4.69) is 16.9 Å². The molecule has 0 aromatic carbocycles. The zero-order valence-electron chi connectivity index (χ0n) is 17.2. The molecule has 2 aromatic rings. The van der Waals surface area contributed by atoms with Gasteiger partial charge in [0.15, 0.2) is 0 Å². The van der Waals surface area contributed by atoms with Gasteiger partial charge in [0.25, 0.3) is 0 Å². The summed E-state index contributed by atoms with van der Waals surface area (Å²) < 4.78 is 0. The fourth-order valence-electron chi connectivity index (χ4n) is 3.89. The summed E-state index contributed by atoms with van der Waals surface area (Å²) in [6.45, 7) is 4.00. The standard InChI is InChI=1S/C23H30N4O2/c1-2-5-21-18-26(22(28)10-8-19-6-3-12-24-16-19)14-15-27(21)23(29)11-9-20-7-4-13-25-17-20/h3-4,6-7,12-13,16-17,21H,2,5,8-11,14-15,18H2,1H3. The zero-order chi connectivity index (χ0) is 20.5. The second-order valence-corrected chi connectivity index (χ2v) is 7.59. The van der Waals surface area contributed by atoms with E-state index in [1.54, 1.807) is 12.4 Å².